The van der Waals surface area contributed by atoms with Crippen molar-refractivity contribution in [1.82, 2.24) is 10.4 Å². The Morgan fingerprint density at radius 1 is 1.12 bits per heavy atom. The van der Waals surface area contributed by atoms with Gasteiger partial charge in [0.05, 0.1) is 22.8 Å². The van der Waals surface area contributed by atoms with Crippen LogP contribution in [0.4, 0.5) is 0 Å². The topological polar surface area (TPSA) is 75.7 Å². The summed E-state index contributed by atoms with van der Waals surface area (Å²) < 4.78 is 5.30. The second kappa shape index (κ2) is 6.33. The second-order valence-electron chi connectivity index (χ2n) is 5.01. The lowest BCUT2D eigenvalue weighted by atomic mass is 10.1. The largest absolute Gasteiger partial charge is 0.492 e. The van der Waals surface area contributed by atoms with Crippen molar-refractivity contribution < 1.29 is 19.1 Å². The summed E-state index contributed by atoms with van der Waals surface area (Å²) in [6, 6.07) is 10.9. The lowest BCUT2D eigenvalue weighted by Gasteiger charge is -2.15. The third-order valence-corrected chi connectivity index (χ3v) is 3.80. The van der Waals surface area contributed by atoms with Gasteiger partial charge in [0, 0.05) is 5.56 Å². The first-order chi connectivity index (χ1) is 11.5. The number of nitrogens with one attached hydrogen (secondary N) is 1. The van der Waals surface area contributed by atoms with E-state index in [0.717, 1.165) is 0 Å². The fourth-order valence-electron chi connectivity index (χ4n) is 2.37. The third-order valence-electron chi connectivity index (χ3n) is 3.50. The van der Waals surface area contributed by atoms with Gasteiger partial charge < -0.3 is 4.74 Å². The molecule has 24 heavy (non-hydrogen) atoms. The fourth-order valence-corrected chi connectivity index (χ4v) is 2.61. The van der Waals surface area contributed by atoms with Crippen LogP contribution in [0.3, 0.4) is 0 Å². The molecule has 7 heteroatoms. The third kappa shape index (κ3) is 2.72. The van der Waals surface area contributed by atoms with Crippen LogP contribution in [0.15, 0.2) is 42.5 Å². The first-order valence-electron chi connectivity index (χ1n) is 7.24. The molecule has 122 valence electrons. The van der Waals surface area contributed by atoms with E-state index in [1.165, 1.54) is 24.3 Å². The maximum atomic E-state index is 12.3. The minimum Gasteiger partial charge on any atom is -0.492 e. The number of halogens is 1. The molecule has 0 saturated heterocycles. The van der Waals surface area contributed by atoms with Crippen LogP contribution in [0.5, 0.6) is 5.75 Å². The number of fused-ring (bicyclic) bond motifs is 1. The Balaban J connectivity index is 1.80. The van der Waals surface area contributed by atoms with Crippen molar-refractivity contribution in [1.29, 1.82) is 0 Å². The normalized spacial score (nSPS) is 13.0. The van der Waals surface area contributed by atoms with E-state index >= 15 is 0 Å². The summed E-state index contributed by atoms with van der Waals surface area (Å²) in [6.07, 6.45) is 0. The molecule has 0 bridgehead atoms. The van der Waals surface area contributed by atoms with Gasteiger partial charge in [0.2, 0.25) is 0 Å². The van der Waals surface area contributed by atoms with Crippen LogP contribution in [0, 0.1) is 0 Å². The monoisotopic (exact) mass is 344 g/mol. The van der Waals surface area contributed by atoms with Crippen molar-refractivity contribution >= 4 is 29.3 Å². The Hall–Kier alpha value is -2.86. The molecule has 1 heterocycles. The first kappa shape index (κ1) is 16.0. The predicted octanol–water partition coefficient (Wildman–Crippen LogP) is 2.68. The summed E-state index contributed by atoms with van der Waals surface area (Å²) in [7, 11) is 0. The van der Waals surface area contributed by atoms with E-state index in [1.54, 1.807) is 18.2 Å². The van der Waals surface area contributed by atoms with Crippen LogP contribution >= 0.6 is 11.6 Å². The van der Waals surface area contributed by atoms with Gasteiger partial charge in [-0.2, -0.15) is 5.01 Å². The summed E-state index contributed by atoms with van der Waals surface area (Å²) in [5, 5.41) is 0.976. The molecule has 0 atom stereocenters. The second-order valence-corrected chi connectivity index (χ2v) is 5.42. The van der Waals surface area contributed by atoms with Crippen LogP contribution < -0.4 is 10.2 Å². The van der Waals surface area contributed by atoms with Crippen molar-refractivity contribution in [2.45, 2.75) is 6.92 Å². The summed E-state index contributed by atoms with van der Waals surface area (Å²) >= 11 is 6.05. The van der Waals surface area contributed by atoms with Gasteiger partial charge in [0.15, 0.2) is 0 Å². The minimum atomic E-state index is -0.616. The van der Waals surface area contributed by atoms with Gasteiger partial charge in [-0.05, 0) is 37.3 Å². The van der Waals surface area contributed by atoms with Gasteiger partial charge in [-0.15, -0.1) is 0 Å². The molecule has 1 aliphatic rings. The molecule has 6 nitrogen and oxygen atoms in total. The molecule has 0 fully saturated rings. The van der Waals surface area contributed by atoms with Crippen LogP contribution in [0.2, 0.25) is 5.02 Å². The Bertz CT molecular complexity index is 815. The number of nitrogens with zero attached hydrogens (tertiary/aromatic N) is 1. The van der Waals surface area contributed by atoms with Crippen molar-refractivity contribution in [3.63, 3.8) is 0 Å². The van der Waals surface area contributed by atoms with Gasteiger partial charge in [0.1, 0.15) is 5.75 Å². The van der Waals surface area contributed by atoms with Crippen LogP contribution in [-0.2, 0) is 0 Å². The fraction of sp³-hybridized carbons (Fsp3) is 0.118. The highest BCUT2D eigenvalue weighted by Crippen LogP contribution is 2.26. The molecule has 3 rings (SSSR count). The number of rotatable bonds is 4. The maximum Gasteiger partial charge on any atom is 0.280 e. The van der Waals surface area contributed by atoms with Gasteiger partial charge >= 0.3 is 0 Å². The van der Waals surface area contributed by atoms with E-state index in [0.29, 0.717) is 17.4 Å². The zero-order chi connectivity index (χ0) is 17.3. The number of benzene rings is 2. The summed E-state index contributed by atoms with van der Waals surface area (Å²) in [6.45, 7) is 2.26. The number of amides is 3. The van der Waals surface area contributed by atoms with E-state index in [1.807, 2.05) is 6.92 Å². The van der Waals surface area contributed by atoms with E-state index in [4.69, 9.17) is 16.3 Å². The lowest BCUT2D eigenvalue weighted by molar-refractivity contribution is 0.0518. The quantitative estimate of drug-likeness (QED) is 0.865. The highest BCUT2D eigenvalue weighted by molar-refractivity contribution is 6.32. The molecule has 0 spiro atoms. The van der Waals surface area contributed by atoms with Crippen molar-refractivity contribution in [2.24, 2.45) is 0 Å². The highest BCUT2D eigenvalue weighted by Gasteiger charge is 2.36. The van der Waals surface area contributed by atoms with Gasteiger partial charge in [-0.3, -0.25) is 19.8 Å². The Morgan fingerprint density at radius 2 is 1.75 bits per heavy atom. The molecule has 2 aromatic rings. The molecule has 0 saturated carbocycles. The van der Waals surface area contributed by atoms with Crippen molar-refractivity contribution in [2.75, 3.05) is 6.61 Å². The molecule has 0 aromatic heterocycles. The standard InChI is InChI=1S/C17H13ClN2O4/c1-2-24-14-8-7-10(9-13(14)18)15(21)19-20-16(22)11-5-3-4-6-12(11)17(20)23/h3-9H,2H2,1H3,(H,19,21). The zero-order valence-corrected chi connectivity index (χ0v) is 13.5. The molecule has 3 amide bonds. The molecular weight excluding hydrogens is 332 g/mol. The summed E-state index contributed by atoms with van der Waals surface area (Å²) in [4.78, 5) is 36.8. The van der Waals surface area contributed by atoms with E-state index in [-0.39, 0.29) is 21.7 Å². The molecular formula is C17H13ClN2O4. The summed E-state index contributed by atoms with van der Waals surface area (Å²) in [5.74, 6) is -1.30. The number of hydrazine groups is 1. The molecule has 1 N–H and O–H groups in total. The number of carbonyl (C=O) groups is 3. The Morgan fingerprint density at radius 3 is 2.29 bits per heavy atom. The number of imide groups is 1. The summed E-state index contributed by atoms with van der Waals surface area (Å²) in [5.41, 5.74) is 3.04. The first-order valence-corrected chi connectivity index (χ1v) is 7.62. The van der Waals surface area contributed by atoms with Gasteiger partial charge in [-0.1, -0.05) is 23.7 Å². The highest BCUT2D eigenvalue weighted by atomic mass is 35.5. The molecule has 2 aromatic carbocycles. The average Bonchev–Trinajstić information content (AvgIpc) is 2.82. The predicted molar refractivity (Wildman–Crippen MR) is 87.0 cm³/mol. The number of hydrogen-bond acceptors (Lipinski definition) is 4. The number of ether oxygens (including phenoxy) is 1. The van der Waals surface area contributed by atoms with Crippen LogP contribution in [0.25, 0.3) is 0 Å². The number of hydrogen-bond donors (Lipinski definition) is 1. The smallest absolute Gasteiger partial charge is 0.280 e. The van der Waals surface area contributed by atoms with Gasteiger partial charge in [0.25, 0.3) is 17.7 Å². The lowest BCUT2D eigenvalue weighted by Crippen LogP contribution is -2.45. The van der Waals surface area contributed by atoms with Crippen molar-refractivity contribution in [3.05, 3.63) is 64.2 Å². The Kier molecular flexibility index (Phi) is 4.22. The maximum absolute atomic E-state index is 12.3. The van der Waals surface area contributed by atoms with E-state index < -0.39 is 17.7 Å². The zero-order valence-electron chi connectivity index (χ0n) is 12.7. The van der Waals surface area contributed by atoms with E-state index in [2.05, 4.69) is 5.43 Å². The van der Waals surface area contributed by atoms with E-state index in [9.17, 15) is 14.4 Å². The molecule has 0 aliphatic carbocycles. The average molecular weight is 345 g/mol. The van der Waals surface area contributed by atoms with Crippen LogP contribution in [-0.4, -0.2) is 29.3 Å². The molecule has 1 aliphatic heterocycles. The van der Waals surface area contributed by atoms with Crippen molar-refractivity contribution in [3.8, 4) is 5.75 Å². The Labute approximate surface area is 142 Å². The minimum absolute atomic E-state index is 0.208. The molecule has 0 radical (unpaired) electrons. The van der Waals surface area contributed by atoms with Crippen LogP contribution in [0.1, 0.15) is 38.0 Å². The molecule has 0 unspecified atom stereocenters. The number of carbonyl (C=O) groups excluding carboxylic acids is 3. The SMILES string of the molecule is CCOc1ccc(C(=O)NN2C(=O)c3ccccc3C2=O)cc1Cl. The van der Waals surface area contributed by atoms with Gasteiger partial charge in [-0.25, -0.2) is 0 Å².